The Labute approximate surface area is 123 Å². The fourth-order valence-electron chi connectivity index (χ4n) is 2.23. The molecule has 1 aromatic carbocycles. The lowest BCUT2D eigenvalue weighted by molar-refractivity contribution is -0.121. The quantitative estimate of drug-likeness (QED) is 0.912. The molecular formula is C16H18N2O3. The number of rotatable bonds is 5. The maximum Gasteiger partial charge on any atom is 0.221 e. The Hall–Kier alpha value is -2.43. The molecule has 1 aromatic heterocycles. The minimum absolute atomic E-state index is 0.0196. The first kappa shape index (κ1) is 13.5. The van der Waals surface area contributed by atoms with Gasteiger partial charge in [0.05, 0.1) is 6.54 Å². The molecule has 0 bridgehead atoms. The second kappa shape index (κ2) is 6.35. The van der Waals surface area contributed by atoms with Gasteiger partial charge in [-0.2, -0.15) is 0 Å². The SMILES string of the molecule is O=C(CCn1cccc1)NCC1COc2ccccc2O1. The van der Waals surface area contributed by atoms with Crippen LogP contribution in [0.2, 0.25) is 0 Å². The lowest BCUT2D eigenvalue weighted by Crippen LogP contribution is -2.40. The van der Waals surface area contributed by atoms with Crippen molar-refractivity contribution >= 4 is 5.91 Å². The molecule has 1 aliphatic rings. The Bertz CT molecular complexity index is 595. The number of benzene rings is 1. The van der Waals surface area contributed by atoms with Crippen molar-refractivity contribution < 1.29 is 14.3 Å². The van der Waals surface area contributed by atoms with E-state index in [4.69, 9.17) is 9.47 Å². The van der Waals surface area contributed by atoms with Gasteiger partial charge in [0.15, 0.2) is 11.5 Å². The maximum absolute atomic E-state index is 11.8. The van der Waals surface area contributed by atoms with E-state index in [9.17, 15) is 4.79 Å². The minimum Gasteiger partial charge on any atom is -0.486 e. The summed E-state index contributed by atoms with van der Waals surface area (Å²) in [6.45, 7) is 1.59. The van der Waals surface area contributed by atoms with Gasteiger partial charge in [0.1, 0.15) is 12.7 Å². The van der Waals surface area contributed by atoms with Gasteiger partial charge in [0, 0.05) is 25.4 Å². The number of nitrogens with zero attached hydrogens (tertiary/aromatic N) is 1. The molecule has 0 saturated heterocycles. The zero-order chi connectivity index (χ0) is 14.5. The van der Waals surface area contributed by atoms with Gasteiger partial charge in [-0.25, -0.2) is 0 Å². The largest absolute Gasteiger partial charge is 0.486 e. The van der Waals surface area contributed by atoms with Crippen LogP contribution >= 0.6 is 0 Å². The van der Waals surface area contributed by atoms with Crippen LogP contribution in [-0.4, -0.2) is 29.7 Å². The molecule has 5 heteroatoms. The van der Waals surface area contributed by atoms with Gasteiger partial charge in [-0.1, -0.05) is 12.1 Å². The van der Waals surface area contributed by atoms with Crippen LogP contribution in [0.3, 0.4) is 0 Å². The topological polar surface area (TPSA) is 52.5 Å². The Morgan fingerprint density at radius 2 is 1.95 bits per heavy atom. The summed E-state index contributed by atoms with van der Waals surface area (Å²) >= 11 is 0. The third-order valence-electron chi connectivity index (χ3n) is 3.36. The number of hydrogen-bond acceptors (Lipinski definition) is 3. The third kappa shape index (κ3) is 3.56. The first-order valence-electron chi connectivity index (χ1n) is 7.07. The summed E-state index contributed by atoms with van der Waals surface area (Å²) in [6, 6.07) is 11.5. The first-order chi connectivity index (χ1) is 10.3. The molecule has 0 saturated carbocycles. The summed E-state index contributed by atoms with van der Waals surface area (Å²) in [4.78, 5) is 11.8. The van der Waals surface area contributed by atoms with Gasteiger partial charge < -0.3 is 19.4 Å². The molecule has 3 rings (SSSR count). The normalized spacial score (nSPS) is 16.5. The average Bonchev–Trinajstić information content (AvgIpc) is 3.04. The first-order valence-corrected chi connectivity index (χ1v) is 7.07. The molecule has 1 atom stereocenters. The van der Waals surface area contributed by atoms with Crippen molar-refractivity contribution in [3.63, 3.8) is 0 Å². The molecule has 2 aromatic rings. The Morgan fingerprint density at radius 3 is 2.76 bits per heavy atom. The molecule has 1 aliphatic heterocycles. The molecule has 0 spiro atoms. The van der Waals surface area contributed by atoms with E-state index >= 15 is 0 Å². The second-order valence-corrected chi connectivity index (χ2v) is 4.97. The maximum atomic E-state index is 11.8. The van der Waals surface area contributed by atoms with Crippen molar-refractivity contribution in [2.24, 2.45) is 0 Å². The minimum atomic E-state index is -0.143. The number of para-hydroxylation sites is 2. The highest BCUT2D eigenvalue weighted by Gasteiger charge is 2.20. The molecule has 1 N–H and O–H groups in total. The number of fused-ring (bicyclic) bond motifs is 1. The van der Waals surface area contributed by atoms with Crippen LogP contribution in [0.5, 0.6) is 11.5 Å². The van der Waals surface area contributed by atoms with Crippen LogP contribution in [0.1, 0.15) is 6.42 Å². The molecule has 1 amide bonds. The monoisotopic (exact) mass is 286 g/mol. The Morgan fingerprint density at radius 1 is 1.19 bits per heavy atom. The van der Waals surface area contributed by atoms with E-state index in [0.717, 1.165) is 11.5 Å². The zero-order valence-corrected chi connectivity index (χ0v) is 11.7. The van der Waals surface area contributed by atoms with Gasteiger partial charge in [-0.15, -0.1) is 0 Å². The molecule has 0 fully saturated rings. The van der Waals surface area contributed by atoms with Gasteiger partial charge in [-0.05, 0) is 24.3 Å². The number of aryl methyl sites for hydroxylation is 1. The number of carbonyl (C=O) groups is 1. The van der Waals surface area contributed by atoms with Gasteiger partial charge in [-0.3, -0.25) is 4.79 Å². The van der Waals surface area contributed by atoms with E-state index < -0.39 is 0 Å². The Kier molecular flexibility index (Phi) is 4.09. The molecule has 0 aliphatic carbocycles. The van der Waals surface area contributed by atoms with E-state index in [-0.39, 0.29) is 12.0 Å². The average molecular weight is 286 g/mol. The predicted octanol–water partition coefficient (Wildman–Crippen LogP) is 1.83. The van der Waals surface area contributed by atoms with Crippen molar-refractivity contribution in [1.29, 1.82) is 0 Å². The van der Waals surface area contributed by atoms with Crippen molar-refractivity contribution in [1.82, 2.24) is 9.88 Å². The lowest BCUT2D eigenvalue weighted by atomic mass is 10.2. The van der Waals surface area contributed by atoms with E-state index in [1.165, 1.54) is 0 Å². The smallest absolute Gasteiger partial charge is 0.221 e. The second-order valence-electron chi connectivity index (χ2n) is 4.97. The van der Waals surface area contributed by atoms with Gasteiger partial charge >= 0.3 is 0 Å². The van der Waals surface area contributed by atoms with Crippen LogP contribution in [0.15, 0.2) is 48.8 Å². The van der Waals surface area contributed by atoms with Gasteiger partial charge in [0.25, 0.3) is 0 Å². The van der Waals surface area contributed by atoms with Crippen LogP contribution in [0, 0.1) is 0 Å². The fraction of sp³-hybridized carbons (Fsp3) is 0.312. The number of amides is 1. The molecule has 1 unspecified atom stereocenters. The van der Waals surface area contributed by atoms with Crippen molar-refractivity contribution in [3.05, 3.63) is 48.8 Å². The number of nitrogens with one attached hydrogen (secondary N) is 1. The van der Waals surface area contributed by atoms with Crippen LogP contribution in [0.4, 0.5) is 0 Å². The highest BCUT2D eigenvalue weighted by Crippen LogP contribution is 2.30. The molecule has 2 heterocycles. The Balaban J connectivity index is 1.42. The van der Waals surface area contributed by atoms with E-state index in [1.54, 1.807) is 0 Å². The highest BCUT2D eigenvalue weighted by atomic mass is 16.6. The summed E-state index contributed by atoms with van der Waals surface area (Å²) in [5, 5.41) is 2.89. The molecule has 110 valence electrons. The summed E-state index contributed by atoms with van der Waals surface area (Å²) < 4.78 is 13.4. The van der Waals surface area contributed by atoms with Crippen molar-refractivity contribution in [2.45, 2.75) is 19.1 Å². The molecular weight excluding hydrogens is 268 g/mol. The summed E-state index contributed by atoms with van der Waals surface area (Å²) in [5.74, 6) is 1.51. The fourth-order valence-corrected chi connectivity index (χ4v) is 2.23. The molecule has 0 radical (unpaired) electrons. The third-order valence-corrected chi connectivity index (χ3v) is 3.36. The lowest BCUT2D eigenvalue weighted by Gasteiger charge is -2.26. The van der Waals surface area contributed by atoms with Crippen molar-refractivity contribution in [3.8, 4) is 11.5 Å². The number of ether oxygens (including phenoxy) is 2. The van der Waals surface area contributed by atoms with E-state index in [0.29, 0.717) is 26.1 Å². The standard InChI is InChI=1S/C16H18N2O3/c19-16(7-10-18-8-3-4-9-18)17-11-13-12-20-14-5-1-2-6-15(14)21-13/h1-6,8-9,13H,7,10-12H2,(H,17,19). The molecule has 5 nitrogen and oxygen atoms in total. The zero-order valence-electron chi connectivity index (χ0n) is 11.7. The summed E-state index contributed by atoms with van der Waals surface area (Å²) in [5.41, 5.74) is 0. The van der Waals surface area contributed by atoms with E-state index in [2.05, 4.69) is 5.32 Å². The highest BCUT2D eigenvalue weighted by molar-refractivity contribution is 5.75. The summed E-state index contributed by atoms with van der Waals surface area (Å²) in [6.07, 6.45) is 4.21. The van der Waals surface area contributed by atoms with E-state index in [1.807, 2.05) is 53.4 Å². The van der Waals surface area contributed by atoms with Gasteiger partial charge in [0.2, 0.25) is 5.91 Å². The predicted molar refractivity (Wildman–Crippen MR) is 78.4 cm³/mol. The summed E-state index contributed by atoms with van der Waals surface area (Å²) in [7, 11) is 0. The molecule has 21 heavy (non-hydrogen) atoms. The van der Waals surface area contributed by atoms with Crippen molar-refractivity contribution in [2.75, 3.05) is 13.2 Å². The number of aromatic nitrogens is 1. The number of carbonyl (C=O) groups excluding carboxylic acids is 1. The van der Waals surface area contributed by atoms with Crippen LogP contribution in [-0.2, 0) is 11.3 Å². The van der Waals surface area contributed by atoms with Crippen LogP contribution < -0.4 is 14.8 Å². The number of hydrogen-bond donors (Lipinski definition) is 1. The van der Waals surface area contributed by atoms with Crippen LogP contribution in [0.25, 0.3) is 0 Å².